The summed E-state index contributed by atoms with van der Waals surface area (Å²) in [6, 6.07) is 18.9. The number of para-hydroxylation sites is 1. The van der Waals surface area contributed by atoms with Crippen LogP contribution < -0.4 is 16.0 Å². The smallest absolute Gasteiger partial charge is 0.234 e. The third kappa shape index (κ3) is 5.60. The summed E-state index contributed by atoms with van der Waals surface area (Å²) < 4.78 is 0.527. The second kappa shape index (κ2) is 11.2. The van der Waals surface area contributed by atoms with Gasteiger partial charge in [-0.15, -0.1) is 10.2 Å². The molecule has 3 N–H and O–H groups in total. The Hall–Kier alpha value is -4.45. The molecule has 41 heavy (non-hydrogen) atoms. The van der Waals surface area contributed by atoms with Crippen LogP contribution in [0.3, 0.4) is 0 Å². The average Bonchev–Trinajstić information content (AvgIpc) is 3.39. The molecule has 1 unspecified atom stereocenters. The number of Topliss-reactive ketones (excluding diaryl/α,β-unsaturated/α-hetero) is 1. The van der Waals surface area contributed by atoms with Gasteiger partial charge in [-0.2, -0.15) is 10.5 Å². The third-order valence-electron chi connectivity index (χ3n) is 6.99. The van der Waals surface area contributed by atoms with Gasteiger partial charge in [-0.1, -0.05) is 78.9 Å². The van der Waals surface area contributed by atoms with Gasteiger partial charge >= 0.3 is 0 Å². The molecule has 0 saturated heterocycles. The van der Waals surface area contributed by atoms with Crippen LogP contribution in [0.2, 0.25) is 0 Å². The summed E-state index contributed by atoms with van der Waals surface area (Å²) in [5.41, 5.74) is 10.7. The van der Waals surface area contributed by atoms with Crippen molar-refractivity contribution in [1.29, 1.82) is 10.5 Å². The molecule has 1 aromatic heterocycles. The Bertz CT molecular complexity index is 1710. The predicted octanol–water partition coefficient (Wildman–Crippen LogP) is 5.39. The van der Waals surface area contributed by atoms with Crippen LogP contribution in [0, 0.1) is 35.0 Å². The number of nitrogens with zero attached hydrogens (tertiary/aromatic N) is 5. The van der Waals surface area contributed by atoms with Crippen molar-refractivity contribution in [2.24, 2.45) is 11.1 Å². The van der Waals surface area contributed by atoms with Crippen LogP contribution >= 0.6 is 23.1 Å². The van der Waals surface area contributed by atoms with Gasteiger partial charge in [0.2, 0.25) is 11.0 Å². The summed E-state index contributed by atoms with van der Waals surface area (Å²) in [6.45, 7) is 6.05. The predicted molar refractivity (Wildman–Crippen MR) is 159 cm³/mol. The second-order valence-electron chi connectivity index (χ2n) is 10.7. The highest BCUT2D eigenvalue weighted by Gasteiger charge is 2.45. The fourth-order valence-corrected chi connectivity index (χ4v) is 6.95. The highest BCUT2D eigenvalue weighted by molar-refractivity contribution is 8.01. The molecule has 9 nitrogen and oxygen atoms in total. The molecule has 2 heterocycles. The van der Waals surface area contributed by atoms with Crippen molar-refractivity contribution in [2.75, 3.05) is 16.0 Å². The Kier molecular flexibility index (Phi) is 7.68. The van der Waals surface area contributed by atoms with E-state index in [0.717, 1.165) is 16.8 Å². The normalized spacial score (nSPS) is 18.0. The minimum atomic E-state index is -0.559. The number of thioether (sulfide) groups is 1. The molecule has 0 radical (unpaired) electrons. The lowest BCUT2D eigenvalue weighted by atomic mass is 9.68. The Morgan fingerprint density at radius 1 is 1.17 bits per heavy atom. The second-order valence-corrected chi connectivity index (χ2v) is 12.9. The molecule has 0 saturated carbocycles. The molecule has 1 amide bonds. The minimum Gasteiger partial charge on any atom is -0.384 e. The lowest BCUT2D eigenvalue weighted by Crippen LogP contribution is -2.42. The molecule has 3 aromatic rings. The summed E-state index contributed by atoms with van der Waals surface area (Å²) in [5, 5.41) is 31.3. The van der Waals surface area contributed by atoms with Gasteiger partial charge in [0.15, 0.2) is 10.1 Å². The first-order chi connectivity index (χ1) is 19.6. The monoisotopic (exact) mass is 581 g/mol. The molecule has 0 spiro atoms. The molecule has 0 fully saturated rings. The van der Waals surface area contributed by atoms with Crippen molar-refractivity contribution >= 4 is 45.6 Å². The van der Waals surface area contributed by atoms with Gasteiger partial charge in [0.25, 0.3) is 0 Å². The van der Waals surface area contributed by atoms with E-state index >= 15 is 0 Å². The Labute approximate surface area is 246 Å². The summed E-state index contributed by atoms with van der Waals surface area (Å²) in [5.74, 6) is -0.582. The first-order valence-corrected chi connectivity index (χ1v) is 14.7. The van der Waals surface area contributed by atoms with Gasteiger partial charge in [0.05, 0.1) is 34.6 Å². The van der Waals surface area contributed by atoms with E-state index in [4.69, 9.17) is 5.73 Å². The quantitative estimate of drug-likeness (QED) is 0.365. The SMILES string of the molecule is Cc1cccc(C2C(C#N)=C(N)N(c3nnc(SCC(=O)Nc4ccccc4C#N)s3)C3=C2C(=O)CC(C)(C)C3)c1. The zero-order chi connectivity index (χ0) is 29.3. The van der Waals surface area contributed by atoms with E-state index in [1.54, 1.807) is 29.2 Å². The van der Waals surface area contributed by atoms with Crippen LogP contribution in [0.25, 0.3) is 0 Å². The number of amides is 1. The van der Waals surface area contributed by atoms with Crippen molar-refractivity contribution in [3.63, 3.8) is 0 Å². The van der Waals surface area contributed by atoms with Crippen molar-refractivity contribution in [3.8, 4) is 12.1 Å². The standard InChI is InChI=1S/C30H27N7O2S2/c1-17-7-6-9-18(11-17)25-20(15-32)27(33)37(22-12-30(2,3)13-23(38)26(22)25)28-35-36-29(41-28)40-16-24(39)34-21-10-5-4-8-19(21)14-31/h4-11,25H,12-13,16,33H2,1-3H3,(H,34,39). The van der Waals surface area contributed by atoms with Crippen molar-refractivity contribution < 1.29 is 9.59 Å². The van der Waals surface area contributed by atoms with Crippen LogP contribution in [-0.4, -0.2) is 27.6 Å². The number of nitrogens with two attached hydrogens (primary N) is 1. The highest BCUT2D eigenvalue weighted by atomic mass is 32.2. The van der Waals surface area contributed by atoms with Gasteiger partial charge in [-0.25, -0.2) is 0 Å². The first-order valence-electron chi connectivity index (χ1n) is 12.9. The molecular weight excluding hydrogens is 555 g/mol. The summed E-state index contributed by atoms with van der Waals surface area (Å²) in [7, 11) is 0. The molecule has 2 aromatic carbocycles. The zero-order valence-electron chi connectivity index (χ0n) is 22.8. The summed E-state index contributed by atoms with van der Waals surface area (Å²) in [4.78, 5) is 28.0. The fourth-order valence-electron chi connectivity index (χ4n) is 5.26. The topological polar surface area (TPSA) is 149 Å². The number of aromatic nitrogens is 2. The van der Waals surface area contributed by atoms with Crippen LogP contribution in [0.15, 0.2) is 75.5 Å². The molecule has 2 aliphatic rings. The maximum atomic E-state index is 13.7. The summed E-state index contributed by atoms with van der Waals surface area (Å²) >= 11 is 2.43. The lowest BCUT2D eigenvalue weighted by Gasteiger charge is -2.42. The fraction of sp³-hybridized carbons (Fsp3) is 0.267. The molecule has 0 bridgehead atoms. The van der Waals surface area contributed by atoms with Crippen LogP contribution in [-0.2, 0) is 9.59 Å². The van der Waals surface area contributed by atoms with E-state index < -0.39 is 5.92 Å². The number of nitrogens with one attached hydrogen (secondary N) is 1. The Morgan fingerprint density at radius 3 is 2.68 bits per heavy atom. The maximum Gasteiger partial charge on any atom is 0.234 e. The number of anilines is 2. The first kappa shape index (κ1) is 28.1. The molecule has 206 valence electrons. The molecule has 11 heteroatoms. The molecular formula is C30H27N7O2S2. The largest absolute Gasteiger partial charge is 0.384 e. The van der Waals surface area contributed by atoms with Crippen LogP contribution in [0.4, 0.5) is 10.8 Å². The molecule has 5 rings (SSSR count). The third-order valence-corrected chi connectivity index (χ3v) is 9.03. The van der Waals surface area contributed by atoms with E-state index in [2.05, 4.69) is 27.7 Å². The van der Waals surface area contributed by atoms with E-state index in [1.807, 2.05) is 45.0 Å². The Morgan fingerprint density at radius 2 is 1.95 bits per heavy atom. The van der Waals surface area contributed by atoms with E-state index in [0.29, 0.717) is 44.7 Å². The van der Waals surface area contributed by atoms with Gasteiger partial charge < -0.3 is 11.1 Å². The molecule has 1 aliphatic heterocycles. The number of aryl methyl sites for hydroxylation is 1. The summed E-state index contributed by atoms with van der Waals surface area (Å²) in [6.07, 6.45) is 0.931. The number of hydrogen-bond donors (Lipinski definition) is 2. The van der Waals surface area contributed by atoms with E-state index in [-0.39, 0.29) is 28.7 Å². The number of hydrogen-bond acceptors (Lipinski definition) is 10. The van der Waals surface area contributed by atoms with Gasteiger partial charge in [0.1, 0.15) is 11.9 Å². The lowest BCUT2D eigenvalue weighted by molar-refractivity contribution is -0.118. The number of benzene rings is 2. The van der Waals surface area contributed by atoms with Crippen LogP contribution in [0.1, 0.15) is 49.3 Å². The van der Waals surface area contributed by atoms with E-state index in [9.17, 15) is 20.1 Å². The minimum absolute atomic E-state index is 0.0126. The van der Waals surface area contributed by atoms with Gasteiger partial charge in [0, 0.05) is 17.7 Å². The molecule has 1 atom stereocenters. The van der Waals surface area contributed by atoms with Gasteiger partial charge in [-0.3, -0.25) is 14.5 Å². The number of rotatable bonds is 6. The molecule has 1 aliphatic carbocycles. The highest BCUT2D eigenvalue weighted by Crippen LogP contribution is 2.50. The van der Waals surface area contributed by atoms with Crippen molar-refractivity contribution in [2.45, 2.75) is 43.9 Å². The number of allylic oxidation sites excluding steroid dienone is 3. The zero-order valence-corrected chi connectivity index (χ0v) is 24.4. The van der Waals surface area contributed by atoms with Gasteiger partial charge in [-0.05, 0) is 36.5 Å². The van der Waals surface area contributed by atoms with Crippen LogP contribution in [0.5, 0.6) is 0 Å². The number of ketones is 1. The van der Waals surface area contributed by atoms with E-state index in [1.165, 1.54) is 23.1 Å². The van der Waals surface area contributed by atoms with Crippen molar-refractivity contribution in [3.05, 3.63) is 87.9 Å². The number of carbonyl (C=O) groups is 2. The Balaban J connectivity index is 1.46. The number of nitriles is 2. The average molecular weight is 582 g/mol. The number of carbonyl (C=O) groups excluding carboxylic acids is 2. The maximum absolute atomic E-state index is 13.7. The van der Waals surface area contributed by atoms with Crippen molar-refractivity contribution in [1.82, 2.24) is 10.2 Å².